The number of rotatable bonds is 9. The topological polar surface area (TPSA) is 84.9 Å². The van der Waals surface area contributed by atoms with Crippen LogP contribution in [0.25, 0.3) is 0 Å². The summed E-state index contributed by atoms with van der Waals surface area (Å²) < 4.78 is 37.9. The van der Waals surface area contributed by atoms with Gasteiger partial charge in [-0.1, -0.05) is 36.4 Å². The molecule has 7 nitrogen and oxygen atoms in total. The molecule has 8 heteroatoms. The fourth-order valence-corrected chi connectivity index (χ4v) is 4.94. The molecule has 0 bridgehead atoms. The highest BCUT2D eigenvalue weighted by Gasteiger charge is 2.25. The van der Waals surface area contributed by atoms with Gasteiger partial charge in [-0.3, -0.25) is 4.79 Å². The number of ether oxygens (including phenoxy) is 2. The van der Waals surface area contributed by atoms with Crippen LogP contribution in [0.1, 0.15) is 28.7 Å². The van der Waals surface area contributed by atoms with Crippen molar-refractivity contribution >= 4 is 15.9 Å². The maximum Gasteiger partial charge on any atom is 0.223 e. The van der Waals surface area contributed by atoms with Gasteiger partial charge in [-0.2, -0.15) is 4.31 Å². The van der Waals surface area contributed by atoms with Crippen LogP contribution >= 0.6 is 0 Å². The fourth-order valence-electron chi connectivity index (χ4n) is 3.38. The Hall–Kier alpha value is -2.42. The normalized spacial score (nSPS) is 14.9. The maximum absolute atomic E-state index is 12.7. The summed E-state index contributed by atoms with van der Waals surface area (Å²) in [6, 6.07) is 13.3. The molecule has 1 heterocycles. The summed E-state index contributed by atoms with van der Waals surface area (Å²) in [7, 11) is -3.43. The molecule has 0 aliphatic carbocycles. The second kappa shape index (κ2) is 10.7. The van der Waals surface area contributed by atoms with Crippen LogP contribution in [-0.4, -0.2) is 51.5 Å². The number of hydrogen-bond donors (Lipinski definition) is 1. The van der Waals surface area contributed by atoms with E-state index in [2.05, 4.69) is 5.32 Å². The number of hydrogen-bond acceptors (Lipinski definition) is 5. The number of aryl methyl sites for hydroxylation is 2. The summed E-state index contributed by atoms with van der Waals surface area (Å²) in [5.41, 5.74) is 3.62. The monoisotopic (exact) mass is 446 g/mol. The summed E-state index contributed by atoms with van der Waals surface area (Å²) in [4.78, 5) is 12.3. The Labute approximate surface area is 184 Å². The zero-order valence-electron chi connectivity index (χ0n) is 18.1. The second-order valence-electron chi connectivity index (χ2n) is 7.68. The smallest absolute Gasteiger partial charge is 0.223 e. The van der Waals surface area contributed by atoms with Crippen LogP contribution in [-0.2, 0) is 31.9 Å². The molecule has 0 radical (unpaired) electrons. The summed E-state index contributed by atoms with van der Waals surface area (Å²) in [6.45, 7) is 6.11. The standard InChI is InChI=1S/C23H30N2O5S/c1-18-7-8-19(2)22(15-18)30-12-9-23(26)24-16-20-5-3-4-6-21(20)17-31(27,28)25-10-13-29-14-11-25/h3-8,15H,9-14,16-17H2,1-2H3,(H,24,26). The first-order chi connectivity index (χ1) is 14.8. The quantitative estimate of drug-likeness (QED) is 0.640. The van der Waals surface area contributed by atoms with Gasteiger partial charge in [0.05, 0.1) is 32.0 Å². The van der Waals surface area contributed by atoms with Gasteiger partial charge >= 0.3 is 0 Å². The molecule has 0 unspecified atom stereocenters. The van der Waals surface area contributed by atoms with E-state index in [0.29, 0.717) is 31.9 Å². The lowest BCUT2D eigenvalue weighted by Crippen LogP contribution is -2.41. The average molecular weight is 447 g/mol. The molecule has 2 aromatic rings. The highest BCUT2D eigenvalue weighted by molar-refractivity contribution is 7.88. The van der Waals surface area contributed by atoms with Gasteiger partial charge in [0.15, 0.2) is 0 Å². The molecule has 0 spiro atoms. The molecule has 1 aliphatic heterocycles. The number of sulfonamides is 1. The third kappa shape index (κ3) is 6.78. The molecule has 3 rings (SSSR count). The number of nitrogens with zero attached hydrogens (tertiary/aromatic N) is 1. The number of nitrogens with one attached hydrogen (secondary N) is 1. The molecule has 0 atom stereocenters. The Morgan fingerprint density at radius 2 is 1.81 bits per heavy atom. The first-order valence-electron chi connectivity index (χ1n) is 10.4. The van der Waals surface area contributed by atoms with Crippen molar-refractivity contribution in [3.63, 3.8) is 0 Å². The number of carbonyl (C=O) groups is 1. The van der Waals surface area contributed by atoms with Gasteiger partial charge in [-0.15, -0.1) is 0 Å². The zero-order chi connectivity index (χ0) is 22.3. The zero-order valence-corrected chi connectivity index (χ0v) is 18.9. The van der Waals surface area contributed by atoms with Gasteiger partial charge in [0, 0.05) is 19.6 Å². The fraction of sp³-hybridized carbons (Fsp3) is 0.435. The van der Waals surface area contributed by atoms with E-state index in [-0.39, 0.29) is 31.2 Å². The predicted octanol–water partition coefficient (Wildman–Crippen LogP) is 2.55. The van der Waals surface area contributed by atoms with E-state index in [1.165, 1.54) is 4.31 Å². The number of amides is 1. The van der Waals surface area contributed by atoms with E-state index in [4.69, 9.17) is 9.47 Å². The minimum absolute atomic E-state index is 0.0885. The van der Waals surface area contributed by atoms with E-state index in [1.807, 2.05) is 50.2 Å². The minimum atomic E-state index is -3.43. The molecular formula is C23H30N2O5S. The van der Waals surface area contributed by atoms with Crippen molar-refractivity contribution < 1.29 is 22.7 Å². The van der Waals surface area contributed by atoms with Gasteiger partial charge in [0.1, 0.15) is 5.75 Å². The lowest BCUT2D eigenvalue weighted by Gasteiger charge is -2.26. The number of carbonyl (C=O) groups excluding carboxylic acids is 1. The second-order valence-corrected chi connectivity index (χ2v) is 9.65. The van der Waals surface area contributed by atoms with E-state index >= 15 is 0 Å². The summed E-state index contributed by atoms with van der Waals surface area (Å²) in [6.07, 6.45) is 0.224. The van der Waals surface area contributed by atoms with Crippen LogP contribution in [0.2, 0.25) is 0 Å². The van der Waals surface area contributed by atoms with Crippen molar-refractivity contribution in [3.8, 4) is 5.75 Å². The summed E-state index contributed by atoms with van der Waals surface area (Å²) in [5, 5.41) is 2.87. The molecule has 168 valence electrons. The lowest BCUT2D eigenvalue weighted by atomic mass is 10.1. The van der Waals surface area contributed by atoms with Crippen LogP contribution in [0.4, 0.5) is 0 Å². The lowest BCUT2D eigenvalue weighted by molar-refractivity contribution is -0.121. The summed E-state index contributed by atoms with van der Waals surface area (Å²) in [5.74, 6) is 0.553. The van der Waals surface area contributed by atoms with E-state index < -0.39 is 10.0 Å². The van der Waals surface area contributed by atoms with Crippen molar-refractivity contribution in [1.82, 2.24) is 9.62 Å². The molecule has 1 N–H and O–H groups in total. The van der Waals surface area contributed by atoms with Gasteiger partial charge in [-0.25, -0.2) is 8.42 Å². The van der Waals surface area contributed by atoms with Gasteiger partial charge in [0.25, 0.3) is 0 Å². The molecule has 1 saturated heterocycles. The minimum Gasteiger partial charge on any atom is -0.493 e. The van der Waals surface area contributed by atoms with Crippen LogP contribution in [0, 0.1) is 13.8 Å². The van der Waals surface area contributed by atoms with Crippen LogP contribution in [0.5, 0.6) is 5.75 Å². The van der Waals surface area contributed by atoms with Gasteiger partial charge < -0.3 is 14.8 Å². The highest BCUT2D eigenvalue weighted by atomic mass is 32.2. The average Bonchev–Trinajstić information content (AvgIpc) is 2.76. The van der Waals surface area contributed by atoms with Crippen LogP contribution in [0.15, 0.2) is 42.5 Å². The Kier molecular flexibility index (Phi) is 8.06. The maximum atomic E-state index is 12.7. The number of morpholine rings is 1. The Bertz CT molecular complexity index is 1000. The van der Waals surface area contributed by atoms with E-state index in [1.54, 1.807) is 6.07 Å². The highest BCUT2D eigenvalue weighted by Crippen LogP contribution is 2.19. The molecule has 0 saturated carbocycles. The van der Waals surface area contributed by atoms with Crippen LogP contribution < -0.4 is 10.1 Å². The largest absolute Gasteiger partial charge is 0.493 e. The van der Waals surface area contributed by atoms with E-state index in [9.17, 15) is 13.2 Å². The summed E-state index contributed by atoms with van der Waals surface area (Å²) >= 11 is 0. The van der Waals surface area contributed by atoms with Gasteiger partial charge in [0.2, 0.25) is 15.9 Å². The molecule has 0 aromatic heterocycles. The Morgan fingerprint density at radius 3 is 2.55 bits per heavy atom. The first-order valence-corrected chi connectivity index (χ1v) is 12.1. The molecular weight excluding hydrogens is 416 g/mol. The van der Waals surface area contributed by atoms with Crippen LogP contribution in [0.3, 0.4) is 0 Å². The Balaban J connectivity index is 1.52. The van der Waals surface area contributed by atoms with Gasteiger partial charge in [-0.05, 0) is 42.2 Å². The Morgan fingerprint density at radius 1 is 1.10 bits per heavy atom. The third-order valence-electron chi connectivity index (χ3n) is 5.23. The van der Waals surface area contributed by atoms with Crippen molar-refractivity contribution in [2.24, 2.45) is 0 Å². The molecule has 2 aromatic carbocycles. The van der Waals surface area contributed by atoms with E-state index in [0.717, 1.165) is 22.4 Å². The van der Waals surface area contributed by atoms with Crippen molar-refractivity contribution in [2.75, 3.05) is 32.9 Å². The molecule has 31 heavy (non-hydrogen) atoms. The molecule has 1 aliphatic rings. The first kappa shape index (κ1) is 23.2. The van der Waals surface area contributed by atoms with Crippen molar-refractivity contribution in [3.05, 3.63) is 64.7 Å². The predicted molar refractivity (Wildman–Crippen MR) is 119 cm³/mol. The number of benzene rings is 2. The third-order valence-corrected chi connectivity index (χ3v) is 7.05. The SMILES string of the molecule is Cc1ccc(C)c(OCCC(=O)NCc2ccccc2CS(=O)(=O)N2CCOCC2)c1. The van der Waals surface area contributed by atoms with Crippen molar-refractivity contribution in [2.45, 2.75) is 32.6 Å². The molecule has 1 fully saturated rings. The molecule has 1 amide bonds. The van der Waals surface area contributed by atoms with Crippen molar-refractivity contribution in [1.29, 1.82) is 0 Å².